The van der Waals surface area contributed by atoms with Gasteiger partial charge in [-0.15, -0.1) is 0 Å². The molecule has 0 amide bonds. The Labute approximate surface area is 104 Å². The van der Waals surface area contributed by atoms with Gasteiger partial charge in [0.2, 0.25) is 5.89 Å². The Hall–Kier alpha value is -2.08. The SMILES string of the molecule is Cc1nc(CNC(C)c2cc(O)ccc2O)no1. The average Bonchev–Trinajstić information content (AvgIpc) is 2.75. The van der Waals surface area contributed by atoms with E-state index in [0.29, 0.717) is 23.8 Å². The van der Waals surface area contributed by atoms with Crippen molar-refractivity contribution in [3.63, 3.8) is 0 Å². The third-order valence-electron chi connectivity index (χ3n) is 2.61. The standard InChI is InChI=1S/C12H15N3O3/c1-7(10-5-9(16)3-4-11(10)17)13-6-12-14-8(2)18-15-12/h3-5,7,13,16-17H,6H2,1-2H3. The van der Waals surface area contributed by atoms with Crippen LogP contribution in [0.2, 0.25) is 0 Å². The van der Waals surface area contributed by atoms with Gasteiger partial charge in [0.15, 0.2) is 5.82 Å². The summed E-state index contributed by atoms with van der Waals surface area (Å²) in [4.78, 5) is 4.06. The largest absolute Gasteiger partial charge is 0.508 e. The Morgan fingerprint density at radius 1 is 1.39 bits per heavy atom. The molecule has 0 fully saturated rings. The summed E-state index contributed by atoms with van der Waals surface area (Å²) < 4.78 is 4.85. The summed E-state index contributed by atoms with van der Waals surface area (Å²) in [6, 6.07) is 4.28. The fourth-order valence-electron chi connectivity index (χ4n) is 1.66. The fraction of sp³-hybridized carbons (Fsp3) is 0.333. The molecule has 1 aromatic carbocycles. The van der Waals surface area contributed by atoms with E-state index in [0.717, 1.165) is 0 Å². The molecule has 0 radical (unpaired) electrons. The van der Waals surface area contributed by atoms with Crippen molar-refractivity contribution in [3.8, 4) is 11.5 Å². The van der Waals surface area contributed by atoms with E-state index in [-0.39, 0.29) is 17.5 Å². The van der Waals surface area contributed by atoms with E-state index in [1.54, 1.807) is 6.92 Å². The Kier molecular flexibility index (Phi) is 3.47. The maximum absolute atomic E-state index is 9.71. The molecule has 0 aliphatic carbocycles. The number of hydrogen-bond acceptors (Lipinski definition) is 6. The van der Waals surface area contributed by atoms with Crippen LogP contribution in [-0.2, 0) is 6.54 Å². The lowest BCUT2D eigenvalue weighted by Gasteiger charge is -2.14. The van der Waals surface area contributed by atoms with Crippen molar-refractivity contribution in [2.24, 2.45) is 0 Å². The number of rotatable bonds is 4. The van der Waals surface area contributed by atoms with Crippen LogP contribution in [-0.4, -0.2) is 20.4 Å². The van der Waals surface area contributed by atoms with Crippen molar-refractivity contribution in [1.82, 2.24) is 15.5 Å². The lowest BCUT2D eigenvalue weighted by molar-refractivity contribution is 0.383. The molecule has 0 spiro atoms. The van der Waals surface area contributed by atoms with Crippen LogP contribution in [0.3, 0.4) is 0 Å². The van der Waals surface area contributed by atoms with E-state index < -0.39 is 0 Å². The molecule has 2 rings (SSSR count). The van der Waals surface area contributed by atoms with Crippen molar-refractivity contribution < 1.29 is 14.7 Å². The van der Waals surface area contributed by atoms with Gasteiger partial charge in [-0.05, 0) is 25.1 Å². The number of hydrogen-bond donors (Lipinski definition) is 3. The average molecular weight is 249 g/mol. The van der Waals surface area contributed by atoms with Crippen molar-refractivity contribution in [3.05, 3.63) is 35.5 Å². The summed E-state index contributed by atoms with van der Waals surface area (Å²) in [6.45, 7) is 4.02. The van der Waals surface area contributed by atoms with E-state index in [1.807, 2.05) is 6.92 Å². The van der Waals surface area contributed by atoms with Crippen LogP contribution in [0.15, 0.2) is 22.7 Å². The van der Waals surface area contributed by atoms with Crippen LogP contribution in [0.5, 0.6) is 11.5 Å². The van der Waals surface area contributed by atoms with E-state index >= 15 is 0 Å². The molecular weight excluding hydrogens is 234 g/mol. The van der Waals surface area contributed by atoms with Gasteiger partial charge >= 0.3 is 0 Å². The molecule has 96 valence electrons. The van der Waals surface area contributed by atoms with Crippen LogP contribution in [0.4, 0.5) is 0 Å². The molecule has 1 unspecified atom stereocenters. The van der Waals surface area contributed by atoms with Crippen molar-refractivity contribution in [2.75, 3.05) is 0 Å². The highest BCUT2D eigenvalue weighted by Crippen LogP contribution is 2.27. The zero-order chi connectivity index (χ0) is 13.1. The second-order valence-corrected chi connectivity index (χ2v) is 4.08. The third kappa shape index (κ3) is 2.78. The van der Waals surface area contributed by atoms with Crippen LogP contribution in [0.25, 0.3) is 0 Å². The Balaban J connectivity index is 2.03. The zero-order valence-corrected chi connectivity index (χ0v) is 10.2. The van der Waals surface area contributed by atoms with E-state index in [9.17, 15) is 10.2 Å². The lowest BCUT2D eigenvalue weighted by atomic mass is 10.1. The van der Waals surface area contributed by atoms with Gasteiger partial charge in [0.05, 0.1) is 6.54 Å². The van der Waals surface area contributed by atoms with Crippen LogP contribution >= 0.6 is 0 Å². The summed E-state index contributed by atoms with van der Waals surface area (Å²) in [5, 5.41) is 26.0. The van der Waals surface area contributed by atoms with E-state index in [1.165, 1.54) is 18.2 Å². The van der Waals surface area contributed by atoms with Crippen LogP contribution in [0, 0.1) is 6.92 Å². The maximum atomic E-state index is 9.71. The predicted molar refractivity (Wildman–Crippen MR) is 64.1 cm³/mol. The molecule has 2 aromatic rings. The molecule has 6 heteroatoms. The van der Waals surface area contributed by atoms with Crippen molar-refractivity contribution in [1.29, 1.82) is 0 Å². The summed E-state index contributed by atoms with van der Waals surface area (Å²) >= 11 is 0. The lowest BCUT2D eigenvalue weighted by Crippen LogP contribution is -2.19. The minimum absolute atomic E-state index is 0.117. The van der Waals surface area contributed by atoms with E-state index in [2.05, 4.69) is 15.5 Å². The molecular formula is C12H15N3O3. The smallest absolute Gasteiger partial charge is 0.223 e. The highest BCUT2D eigenvalue weighted by atomic mass is 16.5. The quantitative estimate of drug-likeness (QED) is 0.713. The van der Waals surface area contributed by atoms with Gasteiger partial charge < -0.3 is 20.1 Å². The number of aryl methyl sites for hydroxylation is 1. The highest BCUT2D eigenvalue weighted by Gasteiger charge is 2.12. The number of phenolic OH excluding ortho intramolecular Hbond substituents is 2. The minimum atomic E-state index is -0.143. The fourth-order valence-corrected chi connectivity index (χ4v) is 1.66. The van der Waals surface area contributed by atoms with Gasteiger partial charge in [0.25, 0.3) is 0 Å². The molecule has 0 saturated heterocycles. The molecule has 1 atom stereocenters. The minimum Gasteiger partial charge on any atom is -0.508 e. The number of aromatic nitrogens is 2. The number of nitrogens with one attached hydrogen (secondary N) is 1. The molecule has 6 nitrogen and oxygen atoms in total. The molecule has 1 heterocycles. The maximum Gasteiger partial charge on any atom is 0.223 e. The molecule has 0 aliphatic rings. The first-order valence-corrected chi connectivity index (χ1v) is 5.60. The first kappa shape index (κ1) is 12.4. The van der Waals surface area contributed by atoms with Crippen LogP contribution in [0.1, 0.15) is 30.2 Å². The molecule has 0 aliphatic heterocycles. The summed E-state index contributed by atoms with van der Waals surface area (Å²) in [6.07, 6.45) is 0. The molecule has 1 aromatic heterocycles. The highest BCUT2D eigenvalue weighted by molar-refractivity contribution is 5.40. The number of phenols is 2. The van der Waals surface area contributed by atoms with Crippen LogP contribution < -0.4 is 5.32 Å². The molecule has 18 heavy (non-hydrogen) atoms. The van der Waals surface area contributed by atoms with E-state index in [4.69, 9.17) is 4.52 Å². The molecule has 3 N–H and O–H groups in total. The van der Waals surface area contributed by atoms with Gasteiger partial charge in [-0.3, -0.25) is 0 Å². The molecule has 0 saturated carbocycles. The predicted octanol–water partition coefficient (Wildman–Crippen LogP) is 1.64. The van der Waals surface area contributed by atoms with Gasteiger partial charge in [0.1, 0.15) is 11.5 Å². The van der Waals surface area contributed by atoms with Crippen molar-refractivity contribution in [2.45, 2.75) is 26.4 Å². The number of nitrogens with zero attached hydrogens (tertiary/aromatic N) is 2. The Bertz CT molecular complexity index is 539. The Morgan fingerprint density at radius 2 is 2.17 bits per heavy atom. The normalized spacial score (nSPS) is 12.6. The summed E-state index contributed by atoms with van der Waals surface area (Å²) in [5.41, 5.74) is 0.621. The second kappa shape index (κ2) is 5.05. The van der Waals surface area contributed by atoms with Crippen molar-refractivity contribution >= 4 is 0 Å². The molecule has 0 bridgehead atoms. The van der Waals surface area contributed by atoms with Gasteiger partial charge in [-0.25, -0.2) is 0 Å². The topological polar surface area (TPSA) is 91.4 Å². The van der Waals surface area contributed by atoms with Gasteiger partial charge in [0, 0.05) is 18.5 Å². The number of aromatic hydroxyl groups is 2. The van der Waals surface area contributed by atoms with Gasteiger partial charge in [-0.1, -0.05) is 5.16 Å². The second-order valence-electron chi connectivity index (χ2n) is 4.08. The summed E-state index contributed by atoms with van der Waals surface area (Å²) in [5.74, 6) is 1.32. The van der Waals surface area contributed by atoms with Gasteiger partial charge in [-0.2, -0.15) is 4.98 Å². The summed E-state index contributed by atoms with van der Waals surface area (Å²) in [7, 11) is 0. The number of benzene rings is 1. The first-order chi connectivity index (χ1) is 8.56. The first-order valence-electron chi connectivity index (χ1n) is 5.60. The Morgan fingerprint density at radius 3 is 2.83 bits per heavy atom. The zero-order valence-electron chi connectivity index (χ0n) is 10.2. The third-order valence-corrected chi connectivity index (χ3v) is 2.61. The monoisotopic (exact) mass is 249 g/mol.